The van der Waals surface area contributed by atoms with Crippen LogP contribution in [-0.2, 0) is 20.7 Å². The molecule has 37 heavy (non-hydrogen) atoms. The average molecular weight is 501 g/mol. The molecule has 190 valence electrons. The number of carbonyl (C=O) groups excluding carboxylic acids is 3. The van der Waals surface area contributed by atoms with Crippen LogP contribution in [0.5, 0.6) is 0 Å². The smallest absolute Gasteiger partial charge is 0.337 e. The topological polar surface area (TPSA) is 112 Å². The molecule has 0 saturated heterocycles. The number of nitrogens with one attached hydrogen (secondary N) is 1. The van der Waals surface area contributed by atoms with Crippen LogP contribution in [0, 0.1) is 20.8 Å². The number of ether oxygens (including phenoxy) is 2. The Morgan fingerprint density at radius 3 is 2.11 bits per heavy atom. The van der Waals surface area contributed by atoms with Crippen molar-refractivity contribution in [2.45, 2.75) is 33.6 Å². The van der Waals surface area contributed by atoms with E-state index in [1.54, 1.807) is 0 Å². The fourth-order valence-electron chi connectivity index (χ4n) is 4.41. The molecule has 0 radical (unpaired) electrons. The van der Waals surface area contributed by atoms with Crippen molar-refractivity contribution in [3.63, 3.8) is 0 Å². The van der Waals surface area contributed by atoms with Crippen LogP contribution in [0.2, 0.25) is 0 Å². The standard InChI is InChI=1S/C28H28N4O5/c1-16-23(18(3)32-26(29-16)25(17(2)31-32)19-9-7-6-8-10-19)11-12-24(33)30-22-14-20(27(34)36-4)13-21(15-22)28(35)37-5/h6-10,13-15H,11-12H2,1-5H3,(H,30,33). The lowest BCUT2D eigenvalue weighted by Gasteiger charge is -2.13. The molecule has 2 aromatic carbocycles. The number of hydrogen-bond acceptors (Lipinski definition) is 7. The third-order valence-electron chi connectivity index (χ3n) is 6.22. The van der Waals surface area contributed by atoms with Gasteiger partial charge in [0.15, 0.2) is 5.65 Å². The zero-order valence-electron chi connectivity index (χ0n) is 21.4. The Balaban J connectivity index is 1.57. The first-order valence-corrected chi connectivity index (χ1v) is 11.8. The largest absolute Gasteiger partial charge is 0.465 e. The van der Waals surface area contributed by atoms with Crippen molar-refractivity contribution in [3.8, 4) is 11.1 Å². The molecule has 0 saturated carbocycles. The van der Waals surface area contributed by atoms with Gasteiger partial charge in [-0.25, -0.2) is 19.1 Å². The number of rotatable bonds is 7. The van der Waals surface area contributed by atoms with Gasteiger partial charge in [-0.05, 0) is 56.5 Å². The lowest BCUT2D eigenvalue weighted by atomic mass is 10.0. The summed E-state index contributed by atoms with van der Waals surface area (Å²) in [5.41, 5.74) is 6.93. The van der Waals surface area contributed by atoms with Gasteiger partial charge in [0.05, 0.1) is 31.0 Å². The van der Waals surface area contributed by atoms with Gasteiger partial charge in [0, 0.05) is 29.1 Å². The molecule has 0 spiro atoms. The van der Waals surface area contributed by atoms with Crippen molar-refractivity contribution in [2.75, 3.05) is 19.5 Å². The molecule has 0 aliphatic carbocycles. The number of carbonyl (C=O) groups is 3. The number of amides is 1. The fraction of sp³-hybridized carbons (Fsp3) is 0.250. The summed E-state index contributed by atoms with van der Waals surface area (Å²) in [5, 5.41) is 7.48. The van der Waals surface area contributed by atoms with Gasteiger partial charge in [0.2, 0.25) is 5.91 Å². The van der Waals surface area contributed by atoms with E-state index in [0.29, 0.717) is 12.1 Å². The first-order valence-electron chi connectivity index (χ1n) is 11.8. The lowest BCUT2D eigenvalue weighted by Crippen LogP contribution is -2.16. The average Bonchev–Trinajstić information content (AvgIpc) is 3.23. The summed E-state index contributed by atoms with van der Waals surface area (Å²) in [6.45, 7) is 5.86. The third-order valence-corrected chi connectivity index (χ3v) is 6.22. The molecule has 2 aromatic heterocycles. The Morgan fingerprint density at radius 2 is 1.51 bits per heavy atom. The molecule has 1 amide bonds. The first kappa shape index (κ1) is 25.6. The molecule has 2 heterocycles. The van der Waals surface area contributed by atoms with Gasteiger partial charge >= 0.3 is 11.9 Å². The Labute approximate surface area is 214 Å². The second-order valence-corrected chi connectivity index (χ2v) is 8.65. The maximum atomic E-state index is 12.8. The van der Waals surface area contributed by atoms with Crippen LogP contribution in [0.25, 0.3) is 16.8 Å². The quantitative estimate of drug-likeness (QED) is 0.373. The number of nitrogens with zero attached hydrogens (tertiary/aromatic N) is 3. The summed E-state index contributed by atoms with van der Waals surface area (Å²) in [5.74, 6) is -1.54. The normalized spacial score (nSPS) is 10.8. The van der Waals surface area contributed by atoms with Crippen LogP contribution < -0.4 is 5.32 Å². The van der Waals surface area contributed by atoms with E-state index in [1.165, 1.54) is 32.4 Å². The maximum absolute atomic E-state index is 12.8. The van der Waals surface area contributed by atoms with Gasteiger partial charge in [-0.15, -0.1) is 0 Å². The Kier molecular flexibility index (Phi) is 7.33. The summed E-state index contributed by atoms with van der Waals surface area (Å²) < 4.78 is 11.3. The number of fused-ring (bicyclic) bond motifs is 1. The van der Waals surface area contributed by atoms with Crippen LogP contribution in [0.15, 0.2) is 48.5 Å². The van der Waals surface area contributed by atoms with Crippen LogP contribution in [0.4, 0.5) is 5.69 Å². The molecule has 1 N–H and O–H groups in total. The second kappa shape index (κ2) is 10.6. The highest BCUT2D eigenvalue weighted by molar-refractivity contribution is 5.99. The monoisotopic (exact) mass is 500 g/mol. The molecule has 0 fully saturated rings. The van der Waals surface area contributed by atoms with Gasteiger partial charge in [-0.3, -0.25) is 4.79 Å². The maximum Gasteiger partial charge on any atom is 0.337 e. The highest BCUT2D eigenvalue weighted by Gasteiger charge is 2.19. The summed E-state index contributed by atoms with van der Waals surface area (Å²) in [6, 6.07) is 14.3. The minimum Gasteiger partial charge on any atom is -0.465 e. The summed E-state index contributed by atoms with van der Waals surface area (Å²) in [4.78, 5) is 41.7. The Hall–Kier alpha value is -4.53. The minimum atomic E-state index is -0.628. The van der Waals surface area contributed by atoms with Crippen LogP contribution >= 0.6 is 0 Å². The van der Waals surface area contributed by atoms with Crippen molar-refractivity contribution in [2.24, 2.45) is 0 Å². The predicted octanol–water partition coefficient (Wildman–Crippen LogP) is 4.47. The van der Waals surface area contributed by atoms with E-state index in [-0.39, 0.29) is 23.5 Å². The molecule has 4 rings (SSSR count). The van der Waals surface area contributed by atoms with Gasteiger partial charge in [0.25, 0.3) is 0 Å². The molecule has 0 aliphatic rings. The SMILES string of the molecule is COC(=O)c1cc(NC(=O)CCc2c(C)nc3c(-c4ccccc4)c(C)nn3c2C)cc(C(=O)OC)c1. The van der Waals surface area contributed by atoms with Crippen LogP contribution in [-0.4, -0.2) is 46.7 Å². The van der Waals surface area contributed by atoms with E-state index in [2.05, 4.69) is 5.32 Å². The van der Waals surface area contributed by atoms with Gasteiger partial charge < -0.3 is 14.8 Å². The van der Waals surface area contributed by atoms with E-state index in [1.807, 2.05) is 55.6 Å². The zero-order chi connectivity index (χ0) is 26.7. The number of anilines is 1. The molecule has 0 unspecified atom stereocenters. The Bertz CT molecular complexity index is 1470. The number of hydrogen-bond donors (Lipinski definition) is 1. The minimum absolute atomic E-state index is 0.130. The number of methoxy groups -OCH3 is 2. The van der Waals surface area contributed by atoms with Gasteiger partial charge in [0.1, 0.15) is 0 Å². The third kappa shape index (κ3) is 5.20. The zero-order valence-corrected chi connectivity index (χ0v) is 21.4. The van der Waals surface area contributed by atoms with Crippen molar-refractivity contribution in [1.82, 2.24) is 14.6 Å². The first-order chi connectivity index (χ1) is 17.7. The molecule has 0 atom stereocenters. The summed E-state index contributed by atoms with van der Waals surface area (Å²) >= 11 is 0. The number of esters is 2. The molecule has 4 aromatic rings. The van der Waals surface area contributed by atoms with Crippen molar-refractivity contribution < 1.29 is 23.9 Å². The molecular weight excluding hydrogens is 472 g/mol. The van der Waals surface area contributed by atoms with E-state index >= 15 is 0 Å². The summed E-state index contributed by atoms with van der Waals surface area (Å²) in [7, 11) is 2.48. The van der Waals surface area contributed by atoms with Crippen LogP contribution in [0.1, 0.15) is 49.8 Å². The number of aryl methyl sites for hydroxylation is 3. The van der Waals surface area contributed by atoms with Gasteiger partial charge in [-0.1, -0.05) is 30.3 Å². The van der Waals surface area contributed by atoms with Crippen molar-refractivity contribution >= 4 is 29.2 Å². The van der Waals surface area contributed by atoms with E-state index in [4.69, 9.17) is 19.6 Å². The lowest BCUT2D eigenvalue weighted by molar-refractivity contribution is -0.116. The number of benzene rings is 2. The molecule has 0 aliphatic heterocycles. The van der Waals surface area contributed by atoms with Crippen LogP contribution in [0.3, 0.4) is 0 Å². The molecular formula is C28H28N4O5. The van der Waals surface area contributed by atoms with Gasteiger partial charge in [-0.2, -0.15) is 5.10 Å². The number of aromatic nitrogens is 3. The van der Waals surface area contributed by atoms with E-state index < -0.39 is 11.9 Å². The molecule has 0 bridgehead atoms. The second-order valence-electron chi connectivity index (χ2n) is 8.65. The van der Waals surface area contributed by atoms with Crippen molar-refractivity contribution in [3.05, 3.63) is 82.3 Å². The van der Waals surface area contributed by atoms with E-state index in [0.717, 1.165) is 39.4 Å². The van der Waals surface area contributed by atoms with Crippen molar-refractivity contribution in [1.29, 1.82) is 0 Å². The predicted molar refractivity (Wildman–Crippen MR) is 139 cm³/mol. The van der Waals surface area contributed by atoms with E-state index in [9.17, 15) is 14.4 Å². The fourth-order valence-corrected chi connectivity index (χ4v) is 4.41. The highest BCUT2D eigenvalue weighted by Crippen LogP contribution is 2.29. The highest BCUT2D eigenvalue weighted by atomic mass is 16.5. The Morgan fingerprint density at radius 1 is 0.892 bits per heavy atom. The molecule has 9 nitrogen and oxygen atoms in total. The molecule has 9 heteroatoms. The summed E-state index contributed by atoms with van der Waals surface area (Å²) in [6.07, 6.45) is 0.600.